The van der Waals surface area contributed by atoms with E-state index in [1.54, 1.807) is 19.9 Å². The molecule has 0 aliphatic rings. The quantitative estimate of drug-likeness (QED) is 0.498. The third-order valence-corrected chi connectivity index (χ3v) is 2.45. The van der Waals surface area contributed by atoms with Crippen molar-refractivity contribution >= 4 is 34.6 Å². The zero-order chi connectivity index (χ0) is 13.7. The van der Waals surface area contributed by atoms with Crippen LogP contribution < -0.4 is 10.6 Å². The average molecular weight is 267 g/mol. The maximum atomic E-state index is 11.1. The molecule has 0 heterocycles. The number of nitro groups is 1. The molecule has 0 aliphatic heterocycles. The number of carbonyl (C=O) groups is 1. The smallest absolute Gasteiger partial charge is 0.269 e. The predicted molar refractivity (Wildman–Crippen MR) is 72.5 cm³/mol. The van der Waals surface area contributed by atoms with E-state index in [4.69, 9.17) is 12.2 Å². The Morgan fingerprint density at radius 1 is 1.50 bits per heavy atom. The third-order valence-electron chi connectivity index (χ3n) is 2.24. The molecule has 18 heavy (non-hydrogen) atoms. The summed E-state index contributed by atoms with van der Waals surface area (Å²) in [5.41, 5.74) is 1.32. The Morgan fingerprint density at radius 3 is 2.67 bits per heavy atom. The average Bonchev–Trinajstić information content (AvgIpc) is 2.31. The number of non-ortho nitro benzene ring substituents is 1. The predicted octanol–water partition coefficient (Wildman–Crippen LogP) is 2.13. The molecule has 0 aliphatic carbocycles. The molecule has 6 nitrogen and oxygen atoms in total. The Bertz CT molecular complexity index is 502. The Kier molecular flexibility index (Phi) is 4.73. The van der Waals surface area contributed by atoms with Gasteiger partial charge in [0.15, 0.2) is 5.11 Å². The topological polar surface area (TPSA) is 84.3 Å². The molecule has 0 spiro atoms. The van der Waals surface area contributed by atoms with E-state index in [1.807, 2.05) is 0 Å². The van der Waals surface area contributed by atoms with Gasteiger partial charge in [-0.1, -0.05) is 6.92 Å². The van der Waals surface area contributed by atoms with Crippen LogP contribution in [0.25, 0.3) is 0 Å². The molecule has 2 N–H and O–H groups in total. The van der Waals surface area contributed by atoms with E-state index in [0.717, 1.165) is 0 Å². The molecule has 1 aromatic rings. The summed E-state index contributed by atoms with van der Waals surface area (Å²) in [7, 11) is 0. The van der Waals surface area contributed by atoms with Gasteiger partial charge in [0.25, 0.3) is 5.69 Å². The van der Waals surface area contributed by atoms with Crippen LogP contribution in [0.4, 0.5) is 11.4 Å². The van der Waals surface area contributed by atoms with E-state index in [-0.39, 0.29) is 16.7 Å². The van der Waals surface area contributed by atoms with E-state index < -0.39 is 4.92 Å². The molecule has 0 radical (unpaired) electrons. The normalized spacial score (nSPS) is 9.67. The van der Waals surface area contributed by atoms with Crippen LogP contribution in [0, 0.1) is 17.0 Å². The molecule has 1 aromatic carbocycles. The van der Waals surface area contributed by atoms with E-state index in [2.05, 4.69) is 10.6 Å². The molecule has 0 aromatic heterocycles. The summed E-state index contributed by atoms with van der Waals surface area (Å²) in [5.74, 6) is -0.188. The summed E-state index contributed by atoms with van der Waals surface area (Å²) < 4.78 is 0. The highest BCUT2D eigenvalue weighted by Gasteiger charge is 2.09. The van der Waals surface area contributed by atoms with Crippen molar-refractivity contribution in [1.82, 2.24) is 5.32 Å². The number of nitrogens with zero attached hydrogens (tertiary/aromatic N) is 1. The van der Waals surface area contributed by atoms with Gasteiger partial charge in [0.2, 0.25) is 5.91 Å². The molecule has 0 saturated carbocycles. The number of amides is 1. The number of aryl methyl sites for hydroxylation is 1. The molecule has 7 heteroatoms. The molecular formula is C11H13N3O3S. The Balaban J connectivity index is 2.77. The fourth-order valence-corrected chi connectivity index (χ4v) is 1.49. The number of carbonyl (C=O) groups excluding carboxylic acids is 1. The van der Waals surface area contributed by atoms with Crippen LogP contribution in [0.2, 0.25) is 0 Å². The summed E-state index contributed by atoms with van der Waals surface area (Å²) in [6, 6.07) is 4.37. The SMILES string of the molecule is CCC(=O)NC(=S)Nc1ccc([N+](=O)[O-])cc1C. The van der Waals surface area contributed by atoms with Crippen LogP contribution in [0.5, 0.6) is 0 Å². The first-order valence-corrected chi connectivity index (χ1v) is 5.70. The molecule has 1 rings (SSSR count). The van der Waals surface area contributed by atoms with Gasteiger partial charge in [0, 0.05) is 24.2 Å². The summed E-state index contributed by atoms with van der Waals surface area (Å²) in [6.45, 7) is 3.44. The highest BCUT2D eigenvalue weighted by atomic mass is 32.1. The second-order valence-corrected chi connectivity index (χ2v) is 4.02. The number of hydrogen-bond donors (Lipinski definition) is 2. The van der Waals surface area contributed by atoms with Crippen LogP contribution in [0.3, 0.4) is 0 Å². The minimum absolute atomic E-state index is 0.0153. The molecule has 96 valence electrons. The number of hydrogen-bond acceptors (Lipinski definition) is 4. The number of nitro benzene ring substituents is 1. The van der Waals surface area contributed by atoms with Crippen LogP contribution in [-0.2, 0) is 4.79 Å². The van der Waals surface area contributed by atoms with Crippen molar-refractivity contribution in [2.24, 2.45) is 0 Å². The summed E-state index contributed by atoms with van der Waals surface area (Å²) in [6.07, 6.45) is 0.334. The van der Waals surface area contributed by atoms with Crippen LogP contribution in [0.15, 0.2) is 18.2 Å². The van der Waals surface area contributed by atoms with Gasteiger partial charge in [0.1, 0.15) is 0 Å². The summed E-state index contributed by atoms with van der Waals surface area (Å²) in [4.78, 5) is 21.2. The zero-order valence-electron chi connectivity index (χ0n) is 10.0. The number of anilines is 1. The first kappa shape index (κ1) is 14.0. The minimum atomic E-state index is -0.464. The van der Waals surface area contributed by atoms with E-state index in [1.165, 1.54) is 12.1 Å². The monoisotopic (exact) mass is 267 g/mol. The van der Waals surface area contributed by atoms with E-state index >= 15 is 0 Å². The Morgan fingerprint density at radius 2 is 2.17 bits per heavy atom. The van der Waals surface area contributed by atoms with Crippen molar-refractivity contribution in [1.29, 1.82) is 0 Å². The third kappa shape index (κ3) is 3.77. The van der Waals surface area contributed by atoms with Crippen molar-refractivity contribution < 1.29 is 9.72 Å². The van der Waals surface area contributed by atoms with Crippen LogP contribution in [0.1, 0.15) is 18.9 Å². The van der Waals surface area contributed by atoms with Gasteiger partial charge in [-0.05, 0) is 30.8 Å². The number of benzene rings is 1. The van der Waals surface area contributed by atoms with Crippen molar-refractivity contribution in [3.63, 3.8) is 0 Å². The molecule has 0 bridgehead atoms. The number of rotatable bonds is 3. The maximum Gasteiger partial charge on any atom is 0.269 e. The van der Waals surface area contributed by atoms with Gasteiger partial charge >= 0.3 is 0 Å². The molecule has 0 fully saturated rings. The highest BCUT2D eigenvalue weighted by molar-refractivity contribution is 7.80. The first-order chi connectivity index (χ1) is 8.43. The van der Waals surface area contributed by atoms with E-state index in [9.17, 15) is 14.9 Å². The Hall–Kier alpha value is -2.02. The molecule has 0 saturated heterocycles. The minimum Gasteiger partial charge on any atom is -0.332 e. The molecule has 0 unspecified atom stereocenters. The largest absolute Gasteiger partial charge is 0.332 e. The lowest BCUT2D eigenvalue weighted by Gasteiger charge is -2.10. The van der Waals surface area contributed by atoms with Gasteiger partial charge in [-0.25, -0.2) is 0 Å². The fraction of sp³-hybridized carbons (Fsp3) is 0.273. The first-order valence-electron chi connectivity index (χ1n) is 5.30. The van der Waals surface area contributed by atoms with Crippen molar-refractivity contribution in [2.45, 2.75) is 20.3 Å². The van der Waals surface area contributed by atoms with E-state index in [0.29, 0.717) is 17.7 Å². The highest BCUT2D eigenvalue weighted by Crippen LogP contribution is 2.20. The number of nitrogens with one attached hydrogen (secondary N) is 2. The van der Waals surface area contributed by atoms with Gasteiger partial charge in [-0.15, -0.1) is 0 Å². The lowest BCUT2D eigenvalue weighted by atomic mass is 10.2. The summed E-state index contributed by atoms with van der Waals surface area (Å²) >= 11 is 4.95. The lowest BCUT2D eigenvalue weighted by Crippen LogP contribution is -2.33. The Labute approximate surface area is 110 Å². The lowest BCUT2D eigenvalue weighted by molar-refractivity contribution is -0.384. The molecule has 0 atom stereocenters. The van der Waals surface area contributed by atoms with Gasteiger partial charge < -0.3 is 10.6 Å². The fourth-order valence-electron chi connectivity index (χ4n) is 1.27. The second kappa shape index (κ2) is 6.06. The summed E-state index contributed by atoms with van der Waals surface area (Å²) in [5, 5.41) is 16.1. The number of thiocarbonyl (C=S) groups is 1. The van der Waals surface area contributed by atoms with Crippen molar-refractivity contribution in [2.75, 3.05) is 5.32 Å². The molecular weight excluding hydrogens is 254 g/mol. The van der Waals surface area contributed by atoms with Crippen LogP contribution >= 0.6 is 12.2 Å². The standard InChI is InChI=1S/C11H13N3O3S/c1-3-10(15)13-11(18)12-9-5-4-8(14(16)17)6-7(9)2/h4-6H,3H2,1-2H3,(H2,12,13,15,18). The van der Waals surface area contributed by atoms with Crippen molar-refractivity contribution in [3.05, 3.63) is 33.9 Å². The van der Waals surface area contributed by atoms with Gasteiger partial charge in [0.05, 0.1) is 4.92 Å². The van der Waals surface area contributed by atoms with Crippen LogP contribution in [-0.4, -0.2) is 15.9 Å². The molecule has 1 amide bonds. The maximum absolute atomic E-state index is 11.1. The van der Waals surface area contributed by atoms with Gasteiger partial charge in [-0.3, -0.25) is 14.9 Å². The zero-order valence-corrected chi connectivity index (χ0v) is 10.8. The van der Waals surface area contributed by atoms with Gasteiger partial charge in [-0.2, -0.15) is 0 Å². The second-order valence-electron chi connectivity index (χ2n) is 3.61. The van der Waals surface area contributed by atoms with Crippen molar-refractivity contribution in [3.8, 4) is 0 Å².